The van der Waals surface area contributed by atoms with E-state index in [1.807, 2.05) is 32.0 Å². The molecule has 0 bridgehead atoms. The lowest BCUT2D eigenvalue weighted by Crippen LogP contribution is -2.35. The Balaban J connectivity index is 2.65. The van der Waals surface area contributed by atoms with E-state index >= 15 is 0 Å². The van der Waals surface area contributed by atoms with E-state index in [1.54, 1.807) is 0 Å². The van der Waals surface area contributed by atoms with Crippen LogP contribution in [0.5, 0.6) is 5.75 Å². The minimum absolute atomic E-state index is 0.0501. The molecule has 4 nitrogen and oxygen atoms in total. The van der Waals surface area contributed by atoms with Gasteiger partial charge in [-0.1, -0.05) is 18.2 Å². The number of aryl methyl sites for hydroxylation is 1. The zero-order valence-corrected chi connectivity index (χ0v) is 10.5. The second kappa shape index (κ2) is 6.25. The molecule has 17 heavy (non-hydrogen) atoms. The van der Waals surface area contributed by atoms with Crippen LogP contribution in [0.15, 0.2) is 18.2 Å². The molecule has 1 atom stereocenters. The summed E-state index contributed by atoms with van der Waals surface area (Å²) in [6, 6.07) is 5.58. The second-order valence-electron chi connectivity index (χ2n) is 4.13. The average Bonchev–Trinajstić information content (AvgIpc) is 2.26. The Kier molecular flexibility index (Phi) is 4.97. The molecule has 2 N–H and O–H groups in total. The predicted octanol–water partition coefficient (Wildman–Crippen LogP) is 1.39. The summed E-state index contributed by atoms with van der Waals surface area (Å²) in [4.78, 5) is 10.8. The lowest BCUT2D eigenvalue weighted by Gasteiger charge is -2.17. The lowest BCUT2D eigenvalue weighted by atomic mass is 10.1. The number of carbonyl (C=O) groups excluding carboxylic acids is 1. The van der Waals surface area contributed by atoms with Crippen LogP contribution in [0.2, 0.25) is 0 Å². The van der Waals surface area contributed by atoms with Gasteiger partial charge in [0.25, 0.3) is 0 Å². The monoisotopic (exact) mass is 237 g/mol. The molecule has 0 saturated heterocycles. The first-order chi connectivity index (χ1) is 8.04. The third-order valence-electron chi connectivity index (χ3n) is 2.39. The van der Waals surface area contributed by atoms with E-state index in [2.05, 4.69) is 5.32 Å². The van der Waals surface area contributed by atoms with Crippen molar-refractivity contribution in [2.24, 2.45) is 0 Å². The molecule has 0 spiro atoms. The summed E-state index contributed by atoms with van der Waals surface area (Å²) < 4.78 is 5.65. The fourth-order valence-electron chi connectivity index (χ4n) is 1.64. The molecule has 1 aromatic rings. The highest BCUT2D eigenvalue weighted by molar-refractivity contribution is 5.73. The van der Waals surface area contributed by atoms with E-state index in [0.29, 0.717) is 12.4 Å². The Morgan fingerprint density at radius 1 is 1.53 bits per heavy atom. The summed E-state index contributed by atoms with van der Waals surface area (Å²) in [6.07, 6.45) is 0. The summed E-state index contributed by atoms with van der Waals surface area (Å²) in [5, 5.41) is 11.9. The number of hydrogen-bond donors (Lipinski definition) is 2. The number of hydrogen-bond acceptors (Lipinski definition) is 3. The van der Waals surface area contributed by atoms with E-state index in [4.69, 9.17) is 4.74 Å². The number of amides is 1. The third-order valence-corrected chi connectivity index (χ3v) is 2.39. The standard InChI is InChI=1S/C13H19NO3/c1-9-5-4-6-12(7-15)13(9)17-8-10(2)14-11(3)16/h4-6,10,15H,7-8H2,1-3H3,(H,14,16). The van der Waals surface area contributed by atoms with Gasteiger partial charge in [-0.15, -0.1) is 0 Å². The van der Waals surface area contributed by atoms with Gasteiger partial charge < -0.3 is 15.2 Å². The molecule has 1 amide bonds. The molecule has 0 aromatic heterocycles. The molecule has 0 saturated carbocycles. The van der Waals surface area contributed by atoms with Crippen molar-refractivity contribution >= 4 is 5.91 Å². The summed E-state index contributed by atoms with van der Waals surface area (Å²) >= 11 is 0. The summed E-state index contributed by atoms with van der Waals surface area (Å²) in [6.45, 7) is 5.61. The molecule has 0 aliphatic heterocycles. The molecule has 1 aromatic carbocycles. The van der Waals surface area contributed by atoms with Crippen LogP contribution in [0.3, 0.4) is 0 Å². The molecule has 0 aliphatic rings. The molecule has 4 heteroatoms. The van der Waals surface area contributed by atoms with Gasteiger partial charge in [0.2, 0.25) is 5.91 Å². The van der Waals surface area contributed by atoms with Gasteiger partial charge in [-0.25, -0.2) is 0 Å². The van der Waals surface area contributed by atoms with Crippen LogP contribution in [-0.2, 0) is 11.4 Å². The van der Waals surface area contributed by atoms with Gasteiger partial charge in [0.1, 0.15) is 12.4 Å². The molecule has 0 heterocycles. The first-order valence-corrected chi connectivity index (χ1v) is 5.63. The van der Waals surface area contributed by atoms with Gasteiger partial charge in [-0.05, 0) is 19.4 Å². The van der Waals surface area contributed by atoms with Crippen molar-refractivity contribution in [2.45, 2.75) is 33.4 Å². The maximum absolute atomic E-state index is 10.8. The zero-order valence-electron chi connectivity index (χ0n) is 10.5. The van der Waals surface area contributed by atoms with Crippen molar-refractivity contribution in [3.63, 3.8) is 0 Å². The molecule has 1 rings (SSSR count). The highest BCUT2D eigenvalue weighted by Crippen LogP contribution is 2.23. The van der Waals surface area contributed by atoms with Crippen LogP contribution in [0.1, 0.15) is 25.0 Å². The van der Waals surface area contributed by atoms with E-state index in [0.717, 1.165) is 11.1 Å². The van der Waals surface area contributed by atoms with Gasteiger partial charge >= 0.3 is 0 Å². The average molecular weight is 237 g/mol. The highest BCUT2D eigenvalue weighted by Gasteiger charge is 2.09. The number of aliphatic hydroxyl groups is 1. The third kappa shape index (κ3) is 4.07. The number of carbonyl (C=O) groups is 1. The summed E-state index contributed by atoms with van der Waals surface area (Å²) in [7, 11) is 0. The highest BCUT2D eigenvalue weighted by atomic mass is 16.5. The van der Waals surface area contributed by atoms with E-state index in [-0.39, 0.29) is 18.6 Å². The first-order valence-electron chi connectivity index (χ1n) is 5.63. The Hall–Kier alpha value is -1.55. The molecule has 94 valence electrons. The van der Waals surface area contributed by atoms with Crippen LogP contribution in [0.4, 0.5) is 0 Å². The van der Waals surface area contributed by atoms with Crippen molar-refractivity contribution in [3.05, 3.63) is 29.3 Å². The largest absolute Gasteiger partial charge is 0.491 e. The van der Waals surface area contributed by atoms with Gasteiger partial charge in [0, 0.05) is 12.5 Å². The fourth-order valence-corrected chi connectivity index (χ4v) is 1.64. The topological polar surface area (TPSA) is 58.6 Å². The Morgan fingerprint density at radius 2 is 2.24 bits per heavy atom. The van der Waals surface area contributed by atoms with E-state index in [9.17, 15) is 9.90 Å². The Morgan fingerprint density at radius 3 is 2.82 bits per heavy atom. The minimum Gasteiger partial charge on any atom is -0.491 e. The second-order valence-corrected chi connectivity index (χ2v) is 4.13. The van der Waals surface area contributed by atoms with Crippen LogP contribution in [0, 0.1) is 6.92 Å². The van der Waals surface area contributed by atoms with Crippen molar-refractivity contribution in [3.8, 4) is 5.75 Å². The SMILES string of the molecule is CC(=O)NC(C)COc1c(C)cccc1CO. The predicted molar refractivity (Wildman–Crippen MR) is 65.9 cm³/mol. The number of para-hydroxylation sites is 1. The Labute approximate surface area is 102 Å². The van der Waals surface area contributed by atoms with Crippen molar-refractivity contribution in [1.29, 1.82) is 0 Å². The van der Waals surface area contributed by atoms with Crippen LogP contribution in [-0.4, -0.2) is 23.7 Å². The Bertz CT molecular complexity index is 390. The van der Waals surface area contributed by atoms with Gasteiger partial charge in [0.15, 0.2) is 0 Å². The maximum Gasteiger partial charge on any atom is 0.217 e. The van der Waals surface area contributed by atoms with Crippen LogP contribution >= 0.6 is 0 Å². The van der Waals surface area contributed by atoms with E-state index in [1.165, 1.54) is 6.92 Å². The zero-order chi connectivity index (χ0) is 12.8. The molecular formula is C13H19NO3. The quantitative estimate of drug-likeness (QED) is 0.813. The number of aliphatic hydroxyl groups excluding tert-OH is 1. The maximum atomic E-state index is 10.8. The minimum atomic E-state index is -0.0757. The molecular weight excluding hydrogens is 218 g/mol. The van der Waals surface area contributed by atoms with Crippen LogP contribution in [0.25, 0.3) is 0 Å². The molecule has 1 unspecified atom stereocenters. The number of benzene rings is 1. The number of ether oxygens (including phenoxy) is 1. The smallest absolute Gasteiger partial charge is 0.217 e. The van der Waals surface area contributed by atoms with Gasteiger partial charge in [-0.2, -0.15) is 0 Å². The first kappa shape index (κ1) is 13.5. The summed E-state index contributed by atoms with van der Waals surface area (Å²) in [5.74, 6) is 0.625. The van der Waals surface area contributed by atoms with Crippen molar-refractivity contribution in [1.82, 2.24) is 5.32 Å². The normalized spacial score (nSPS) is 12.0. The van der Waals surface area contributed by atoms with Crippen LogP contribution < -0.4 is 10.1 Å². The lowest BCUT2D eigenvalue weighted by molar-refractivity contribution is -0.119. The number of rotatable bonds is 5. The molecule has 0 aliphatic carbocycles. The van der Waals surface area contributed by atoms with Crippen molar-refractivity contribution in [2.75, 3.05) is 6.61 Å². The molecule has 0 fully saturated rings. The van der Waals surface area contributed by atoms with Crippen molar-refractivity contribution < 1.29 is 14.6 Å². The fraction of sp³-hybridized carbons (Fsp3) is 0.462. The summed E-state index contributed by atoms with van der Waals surface area (Å²) in [5.41, 5.74) is 1.74. The number of nitrogens with one attached hydrogen (secondary N) is 1. The van der Waals surface area contributed by atoms with E-state index < -0.39 is 0 Å². The van der Waals surface area contributed by atoms with Gasteiger partial charge in [-0.3, -0.25) is 4.79 Å². The molecule has 0 radical (unpaired) electrons. The van der Waals surface area contributed by atoms with Gasteiger partial charge in [0.05, 0.1) is 12.6 Å².